The minimum Gasteiger partial charge on any atom is -0.471 e. The highest BCUT2D eigenvalue weighted by Gasteiger charge is 2.25. The van der Waals surface area contributed by atoms with Crippen LogP contribution in [0.15, 0.2) is 0 Å². The van der Waals surface area contributed by atoms with Crippen LogP contribution >= 0.6 is 0 Å². The van der Waals surface area contributed by atoms with E-state index in [0.717, 1.165) is 21.0 Å². The van der Waals surface area contributed by atoms with Crippen LogP contribution in [0.25, 0.3) is 0 Å². The van der Waals surface area contributed by atoms with Crippen LogP contribution < -0.4 is 0 Å². The van der Waals surface area contributed by atoms with Crippen LogP contribution in [-0.2, 0) is 16.5 Å². The van der Waals surface area contributed by atoms with Gasteiger partial charge in [0.05, 0.1) is 0 Å². The van der Waals surface area contributed by atoms with E-state index in [1.54, 1.807) is 0 Å². The molecule has 0 aromatic heterocycles. The van der Waals surface area contributed by atoms with Crippen LogP contribution in [0.3, 0.4) is 0 Å². The number of hydrogen-bond donors (Lipinski definition) is 0. The zero-order chi connectivity index (χ0) is 9.56. The Morgan fingerprint density at radius 1 is 0.833 bits per heavy atom. The van der Waals surface area contributed by atoms with E-state index >= 15 is 0 Å². The molecule has 0 radical (unpaired) electrons. The second-order valence-electron chi connectivity index (χ2n) is 2.52. The molecule has 0 unspecified atom stereocenters. The molecule has 0 aliphatic carbocycles. The highest BCUT2D eigenvalue weighted by Crippen LogP contribution is 2.06. The van der Waals surface area contributed by atoms with Gasteiger partial charge in [0, 0.05) is 0 Å². The quantitative estimate of drug-likeness (QED) is 0.439. The predicted molar refractivity (Wildman–Crippen MR) is 63.3 cm³/mol. The van der Waals surface area contributed by atoms with Gasteiger partial charge in [-0.3, -0.25) is 0 Å². The SMILES string of the molecule is C[SiH]1O[SiH](C)O[SiH](C)O1.[SiH3]O[SiH3]. The van der Waals surface area contributed by atoms with E-state index in [1.165, 1.54) is 0 Å². The Hall–Kier alpha value is 0.924. The van der Waals surface area contributed by atoms with Crippen molar-refractivity contribution in [3.05, 3.63) is 0 Å². The second-order valence-corrected chi connectivity index (χ2v) is 12.5. The summed E-state index contributed by atoms with van der Waals surface area (Å²) in [6.07, 6.45) is 0. The second kappa shape index (κ2) is 7.34. The lowest BCUT2D eigenvalue weighted by Gasteiger charge is -2.28. The van der Waals surface area contributed by atoms with Crippen LogP contribution in [0.2, 0.25) is 19.6 Å². The van der Waals surface area contributed by atoms with Crippen molar-refractivity contribution >= 4 is 48.8 Å². The van der Waals surface area contributed by atoms with Crippen molar-refractivity contribution in [2.45, 2.75) is 19.6 Å². The molecule has 0 aromatic rings. The molecule has 1 aliphatic rings. The molecule has 0 spiro atoms. The van der Waals surface area contributed by atoms with Gasteiger partial charge in [0.15, 0.2) is 0 Å². The van der Waals surface area contributed by atoms with Crippen molar-refractivity contribution in [2.75, 3.05) is 0 Å². The molecule has 0 amide bonds. The van der Waals surface area contributed by atoms with Gasteiger partial charge < -0.3 is 16.5 Å². The van der Waals surface area contributed by atoms with Gasteiger partial charge in [0.25, 0.3) is 27.9 Å². The summed E-state index contributed by atoms with van der Waals surface area (Å²) in [7, 11) is -1.77. The molecule has 12 heavy (non-hydrogen) atoms. The summed E-state index contributed by atoms with van der Waals surface area (Å²) in [5, 5.41) is 0. The van der Waals surface area contributed by atoms with Crippen molar-refractivity contribution in [2.24, 2.45) is 0 Å². The van der Waals surface area contributed by atoms with E-state index in [9.17, 15) is 0 Å². The highest BCUT2D eigenvalue weighted by molar-refractivity contribution is 6.72. The maximum Gasteiger partial charge on any atom is 0.300 e. The average Bonchev–Trinajstić information content (AvgIpc) is 1.84. The molecule has 0 atom stereocenters. The van der Waals surface area contributed by atoms with Crippen LogP contribution in [0.4, 0.5) is 0 Å². The van der Waals surface area contributed by atoms with Gasteiger partial charge in [-0.2, -0.15) is 0 Å². The summed E-state index contributed by atoms with van der Waals surface area (Å²) in [6.45, 7) is 6.20. The summed E-state index contributed by atoms with van der Waals surface area (Å²) in [5.74, 6) is 0. The Labute approximate surface area is 85.2 Å². The van der Waals surface area contributed by atoms with Gasteiger partial charge in [-0.05, 0) is 19.6 Å². The molecule has 1 aliphatic heterocycles. The molecule has 0 aromatic carbocycles. The Morgan fingerprint density at radius 3 is 1.17 bits per heavy atom. The smallest absolute Gasteiger partial charge is 0.300 e. The first-order chi connectivity index (χ1) is 5.60. The first-order valence-corrected chi connectivity index (χ1v) is 11.9. The largest absolute Gasteiger partial charge is 0.471 e. The van der Waals surface area contributed by atoms with Gasteiger partial charge in [0.2, 0.25) is 0 Å². The lowest BCUT2D eigenvalue weighted by molar-refractivity contribution is 0.294. The van der Waals surface area contributed by atoms with Crippen molar-refractivity contribution in [3.8, 4) is 0 Å². The first kappa shape index (κ1) is 12.9. The normalized spacial score (nSPS) is 35.8. The fourth-order valence-corrected chi connectivity index (χ4v) is 9.88. The molecule has 1 fully saturated rings. The maximum atomic E-state index is 5.42. The number of rotatable bonds is 0. The van der Waals surface area contributed by atoms with Crippen LogP contribution in [0.1, 0.15) is 0 Å². The topological polar surface area (TPSA) is 36.9 Å². The minimum absolute atomic E-state index is 0.931. The van der Waals surface area contributed by atoms with E-state index in [-0.39, 0.29) is 0 Å². The van der Waals surface area contributed by atoms with E-state index < -0.39 is 27.9 Å². The van der Waals surface area contributed by atoms with Crippen molar-refractivity contribution < 1.29 is 16.5 Å². The lowest BCUT2D eigenvalue weighted by atomic mass is 11.9. The predicted octanol–water partition coefficient (Wildman–Crippen LogP) is -2.84. The fraction of sp³-hybridized carbons (Fsp3) is 1.00. The van der Waals surface area contributed by atoms with Crippen molar-refractivity contribution in [1.82, 2.24) is 0 Å². The van der Waals surface area contributed by atoms with Gasteiger partial charge in [-0.1, -0.05) is 0 Å². The summed E-state index contributed by atoms with van der Waals surface area (Å²) in [4.78, 5) is 0. The third-order valence-electron chi connectivity index (χ3n) is 1.15. The molecular weight excluding hydrogens is 240 g/mol. The minimum atomic E-state index is -1.21. The Kier molecular flexibility index (Phi) is 7.91. The Bertz CT molecular complexity index is 89.8. The first-order valence-electron chi connectivity index (χ1n) is 3.96. The van der Waals surface area contributed by atoms with Gasteiger partial charge in [-0.15, -0.1) is 0 Å². The third kappa shape index (κ3) is 6.44. The molecular formula is C3H18O4Si5. The van der Waals surface area contributed by atoms with Gasteiger partial charge in [-0.25, -0.2) is 0 Å². The van der Waals surface area contributed by atoms with Gasteiger partial charge in [0.1, 0.15) is 21.0 Å². The van der Waals surface area contributed by atoms with E-state index in [0.29, 0.717) is 0 Å². The average molecular weight is 259 g/mol. The molecule has 0 saturated carbocycles. The molecule has 1 heterocycles. The molecule has 0 bridgehead atoms. The molecule has 1 rings (SSSR count). The lowest BCUT2D eigenvalue weighted by Crippen LogP contribution is -2.44. The summed E-state index contributed by atoms with van der Waals surface area (Å²) in [6, 6.07) is 0. The summed E-state index contributed by atoms with van der Waals surface area (Å²) >= 11 is 0. The van der Waals surface area contributed by atoms with Gasteiger partial charge >= 0.3 is 0 Å². The Morgan fingerprint density at radius 2 is 1.00 bits per heavy atom. The highest BCUT2D eigenvalue weighted by atomic mass is 28.5. The summed E-state index contributed by atoms with van der Waals surface area (Å²) < 4.78 is 20.8. The third-order valence-corrected chi connectivity index (χ3v) is 10.3. The zero-order valence-corrected chi connectivity index (χ0v) is 15.8. The van der Waals surface area contributed by atoms with Crippen molar-refractivity contribution in [1.29, 1.82) is 0 Å². The van der Waals surface area contributed by atoms with Crippen LogP contribution in [0, 0.1) is 0 Å². The molecule has 0 N–H and O–H groups in total. The zero-order valence-electron chi connectivity index (χ0n) is 8.37. The molecule has 1 saturated heterocycles. The molecule has 74 valence electrons. The van der Waals surface area contributed by atoms with E-state index in [1.807, 2.05) is 0 Å². The molecule has 9 heteroatoms. The van der Waals surface area contributed by atoms with Crippen LogP contribution in [-0.4, -0.2) is 48.8 Å². The van der Waals surface area contributed by atoms with E-state index in [2.05, 4.69) is 23.8 Å². The standard InChI is InChI=1S/C3H12O3Si3.H6OSi2/c1-7-4-8(2)6-9(3)5-7;2-1-3/h7-9H,1-3H3;2-3H3. The monoisotopic (exact) mass is 258 g/mol. The maximum absolute atomic E-state index is 5.42. The van der Waals surface area contributed by atoms with Crippen LogP contribution in [0.5, 0.6) is 0 Å². The molecule has 4 nitrogen and oxygen atoms in total. The summed E-state index contributed by atoms with van der Waals surface area (Å²) in [5.41, 5.74) is 0. The number of hydrogen-bond acceptors (Lipinski definition) is 4. The van der Waals surface area contributed by atoms with Crippen molar-refractivity contribution in [3.63, 3.8) is 0 Å². The fourth-order valence-electron chi connectivity index (χ4n) is 0.906. The van der Waals surface area contributed by atoms with E-state index in [4.69, 9.17) is 12.3 Å². The Balaban J connectivity index is 0.000000354.